The normalized spacial score (nSPS) is 12.5. The van der Waals surface area contributed by atoms with Crippen LogP contribution in [0.15, 0.2) is 42.5 Å². The molecule has 5 heteroatoms. The smallest absolute Gasteiger partial charge is 0.237 e. The second kappa shape index (κ2) is 7.52. The number of likely N-dealkylation sites (N-methyl/N-ethyl adjacent to an activating group) is 1. The molecule has 0 saturated carbocycles. The molecule has 0 spiro atoms. The molecule has 0 aliphatic rings. The van der Waals surface area contributed by atoms with Gasteiger partial charge in [0.05, 0.1) is 11.6 Å². The largest absolute Gasteiger partial charge is 0.354 e. The van der Waals surface area contributed by atoms with Crippen LogP contribution in [0.1, 0.15) is 18.1 Å². The maximum Gasteiger partial charge on any atom is 0.237 e. The van der Waals surface area contributed by atoms with Gasteiger partial charge in [0.1, 0.15) is 0 Å². The third-order valence-corrected chi connectivity index (χ3v) is 5.10. The van der Waals surface area contributed by atoms with E-state index in [0.29, 0.717) is 11.6 Å². The van der Waals surface area contributed by atoms with Gasteiger partial charge in [-0.05, 0) is 56.8 Å². The van der Waals surface area contributed by atoms with Gasteiger partial charge >= 0.3 is 0 Å². The molecule has 136 valence electrons. The molecule has 1 atom stereocenters. The van der Waals surface area contributed by atoms with Crippen LogP contribution in [-0.4, -0.2) is 35.9 Å². The second-order valence-corrected chi connectivity index (χ2v) is 7.27. The third-order valence-electron chi connectivity index (χ3n) is 4.88. The van der Waals surface area contributed by atoms with Gasteiger partial charge in [0, 0.05) is 22.6 Å². The van der Waals surface area contributed by atoms with Crippen LogP contribution in [0.4, 0.5) is 0 Å². The molecule has 0 aliphatic heterocycles. The van der Waals surface area contributed by atoms with Crippen molar-refractivity contribution in [2.75, 3.05) is 14.1 Å². The Morgan fingerprint density at radius 1 is 1.23 bits per heavy atom. The summed E-state index contributed by atoms with van der Waals surface area (Å²) in [6.07, 6.45) is 0. The summed E-state index contributed by atoms with van der Waals surface area (Å²) in [6.45, 7) is 4.41. The Labute approximate surface area is 159 Å². The lowest BCUT2D eigenvalue weighted by Gasteiger charge is -2.19. The zero-order valence-electron chi connectivity index (χ0n) is 15.6. The summed E-state index contributed by atoms with van der Waals surface area (Å²) >= 11 is 6.34. The number of hydrogen-bond acceptors (Lipinski definition) is 2. The molecular weight excluding hydrogens is 346 g/mol. The zero-order valence-corrected chi connectivity index (χ0v) is 16.3. The highest BCUT2D eigenvalue weighted by atomic mass is 35.5. The van der Waals surface area contributed by atoms with Gasteiger partial charge in [-0.2, -0.15) is 0 Å². The van der Waals surface area contributed by atoms with Crippen LogP contribution in [0, 0.1) is 6.92 Å². The minimum Gasteiger partial charge on any atom is -0.354 e. The Kier molecular flexibility index (Phi) is 5.35. The lowest BCUT2D eigenvalue weighted by molar-refractivity contribution is -0.125. The van der Waals surface area contributed by atoms with Crippen molar-refractivity contribution in [1.29, 1.82) is 0 Å². The van der Waals surface area contributed by atoms with E-state index in [1.54, 1.807) is 0 Å². The van der Waals surface area contributed by atoms with Crippen molar-refractivity contribution in [2.45, 2.75) is 26.4 Å². The molecule has 0 radical (unpaired) electrons. The van der Waals surface area contributed by atoms with Crippen LogP contribution in [0.2, 0.25) is 5.02 Å². The molecule has 0 bridgehead atoms. The quantitative estimate of drug-likeness (QED) is 0.701. The number of carbonyl (C=O) groups excluding carboxylic acids is 1. The van der Waals surface area contributed by atoms with Gasteiger partial charge in [-0.3, -0.25) is 9.69 Å². The summed E-state index contributed by atoms with van der Waals surface area (Å²) in [4.78, 5) is 17.7. The Morgan fingerprint density at radius 3 is 2.58 bits per heavy atom. The van der Waals surface area contributed by atoms with Gasteiger partial charge in [0.15, 0.2) is 0 Å². The zero-order chi connectivity index (χ0) is 18.8. The topological polar surface area (TPSA) is 48.1 Å². The molecule has 26 heavy (non-hydrogen) atoms. The number of nitrogens with one attached hydrogen (secondary N) is 2. The molecule has 1 aromatic heterocycles. The van der Waals surface area contributed by atoms with E-state index >= 15 is 0 Å². The number of halogens is 1. The molecule has 3 rings (SSSR count). The Balaban J connectivity index is 1.97. The average molecular weight is 370 g/mol. The molecule has 3 aromatic rings. The number of aryl methyl sites for hydroxylation is 1. The van der Waals surface area contributed by atoms with Crippen molar-refractivity contribution in [2.24, 2.45) is 0 Å². The number of aromatic amines is 1. The molecule has 0 unspecified atom stereocenters. The average Bonchev–Trinajstić information content (AvgIpc) is 2.96. The number of amides is 1. The first kappa shape index (κ1) is 18.5. The minimum absolute atomic E-state index is 0.00492. The fourth-order valence-corrected chi connectivity index (χ4v) is 3.30. The van der Waals surface area contributed by atoms with Crippen molar-refractivity contribution >= 4 is 28.4 Å². The molecule has 2 N–H and O–H groups in total. The predicted molar refractivity (Wildman–Crippen MR) is 108 cm³/mol. The van der Waals surface area contributed by atoms with Crippen molar-refractivity contribution in [3.8, 4) is 11.3 Å². The molecule has 4 nitrogen and oxygen atoms in total. The van der Waals surface area contributed by atoms with Gasteiger partial charge in [0.2, 0.25) is 5.91 Å². The molecule has 2 aromatic carbocycles. The Morgan fingerprint density at radius 2 is 1.92 bits per heavy atom. The van der Waals surface area contributed by atoms with Gasteiger partial charge in [-0.1, -0.05) is 41.9 Å². The van der Waals surface area contributed by atoms with E-state index in [1.807, 2.05) is 56.3 Å². The number of H-pyrrole nitrogens is 1. The van der Waals surface area contributed by atoms with E-state index < -0.39 is 0 Å². The Hall–Kier alpha value is -2.30. The minimum atomic E-state index is -0.185. The summed E-state index contributed by atoms with van der Waals surface area (Å²) in [5, 5.41) is 4.76. The Bertz CT molecular complexity index is 931. The summed E-state index contributed by atoms with van der Waals surface area (Å²) in [5.41, 5.74) is 5.37. The van der Waals surface area contributed by atoms with Gasteiger partial charge < -0.3 is 10.3 Å². The van der Waals surface area contributed by atoms with Crippen LogP contribution in [0.5, 0.6) is 0 Å². The molecule has 0 fully saturated rings. The summed E-state index contributed by atoms with van der Waals surface area (Å²) in [7, 11) is 3.78. The van der Waals surface area contributed by atoms with Gasteiger partial charge in [0.25, 0.3) is 0 Å². The first-order valence-electron chi connectivity index (χ1n) is 8.68. The third kappa shape index (κ3) is 3.62. The van der Waals surface area contributed by atoms with E-state index in [0.717, 1.165) is 33.3 Å². The lowest BCUT2D eigenvalue weighted by atomic mass is 10.1. The standard InChI is InChI=1S/C21H24ClN3O/c1-13-18-11-17(22)10-16(12-23-21(26)14(2)25(3)4)20(18)24-19(13)15-8-6-5-7-9-15/h5-11,14,24H,12H2,1-4H3,(H,23,26)/t14-/m0/s1. The van der Waals surface area contributed by atoms with Crippen molar-refractivity contribution in [1.82, 2.24) is 15.2 Å². The van der Waals surface area contributed by atoms with E-state index in [4.69, 9.17) is 11.6 Å². The molecule has 0 saturated heterocycles. The first-order chi connectivity index (χ1) is 12.4. The predicted octanol–water partition coefficient (Wildman–Crippen LogP) is 4.36. The van der Waals surface area contributed by atoms with Gasteiger partial charge in [-0.15, -0.1) is 0 Å². The van der Waals surface area contributed by atoms with Crippen molar-refractivity contribution < 1.29 is 4.79 Å². The van der Waals surface area contributed by atoms with Crippen LogP contribution < -0.4 is 5.32 Å². The fraction of sp³-hybridized carbons (Fsp3) is 0.286. The highest BCUT2D eigenvalue weighted by Gasteiger charge is 2.17. The highest BCUT2D eigenvalue weighted by molar-refractivity contribution is 6.31. The summed E-state index contributed by atoms with van der Waals surface area (Å²) < 4.78 is 0. The van der Waals surface area contributed by atoms with Crippen LogP contribution in [-0.2, 0) is 11.3 Å². The van der Waals surface area contributed by atoms with E-state index in [-0.39, 0.29) is 11.9 Å². The monoisotopic (exact) mass is 369 g/mol. The first-order valence-corrected chi connectivity index (χ1v) is 9.06. The number of fused-ring (bicyclic) bond motifs is 1. The maximum atomic E-state index is 12.3. The van der Waals surface area contributed by atoms with Crippen molar-refractivity contribution in [3.63, 3.8) is 0 Å². The lowest BCUT2D eigenvalue weighted by Crippen LogP contribution is -2.41. The second-order valence-electron chi connectivity index (χ2n) is 6.84. The molecular formula is C21H24ClN3O. The molecule has 1 amide bonds. The number of aromatic nitrogens is 1. The fourth-order valence-electron chi connectivity index (χ4n) is 3.06. The van der Waals surface area contributed by atoms with Crippen molar-refractivity contribution in [3.05, 3.63) is 58.6 Å². The number of nitrogens with zero attached hydrogens (tertiary/aromatic N) is 1. The number of carbonyl (C=O) groups is 1. The van der Waals surface area contributed by atoms with E-state index in [2.05, 4.69) is 29.4 Å². The van der Waals surface area contributed by atoms with Gasteiger partial charge in [-0.25, -0.2) is 0 Å². The number of rotatable bonds is 5. The molecule has 1 heterocycles. The highest BCUT2D eigenvalue weighted by Crippen LogP contribution is 2.33. The van der Waals surface area contributed by atoms with Crippen LogP contribution >= 0.6 is 11.6 Å². The SMILES string of the molecule is Cc1c(-c2ccccc2)[nH]c2c(CNC(=O)[C@H](C)N(C)C)cc(Cl)cc12. The van der Waals surface area contributed by atoms with E-state index in [1.165, 1.54) is 0 Å². The summed E-state index contributed by atoms with van der Waals surface area (Å²) in [6, 6.07) is 13.9. The van der Waals surface area contributed by atoms with E-state index in [9.17, 15) is 4.79 Å². The number of benzene rings is 2. The maximum absolute atomic E-state index is 12.3. The van der Waals surface area contributed by atoms with Crippen LogP contribution in [0.25, 0.3) is 22.2 Å². The van der Waals surface area contributed by atoms with Crippen LogP contribution in [0.3, 0.4) is 0 Å². The number of hydrogen-bond donors (Lipinski definition) is 2. The summed E-state index contributed by atoms with van der Waals surface area (Å²) in [5.74, 6) is -0.00492. The molecule has 0 aliphatic carbocycles.